The largest absolute Gasteiger partial charge is 0.451 e. The van der Waals surface area contributed by atoms with E-state index in [9.17, 15) is 18.0 Å². The highest BCUT2D eigenvalue weighted by Crippen LogP contribution is 2.32. The summed E-state index contributed by atoms with van der Waals surface area (Å²) in [4.78, 5) is 21.1. The van der Waals surface area contributed by atoms with Crippen molar-refractivity contribution < 1.29 is 18.0 Å². The van der Waals surface area contributed by atoms with Crippen molar-refractivity contribution in [3.05, 3.63) is 60.4 Å². The predicted octanol–water partition coefficient (Wildman–Crippen LogP) is 4.30. The molecule has 0 spiro atoms. The predicted molar refractivity (Wildman–Crippen MR) is 99.7 cm³/mol. The van der Waals surface area contributed by atoms with Gasteiger partial charge in [0.05, 0.1) is 17.3 Å². The highest BCUT2D eigenvalue weighted by atomic mass is 32.2. The first-order valence-electron chi connectivity index (χ1n) is 8.09. The molecule has 1 aromatic heterocycles. The zero-order valence-corrected chi connectivity index (χ0v) is 15.2. The Kier molecular flexibility index (Phi) is 5.80. The molecule has 1 amide bonds. The van der Waals surface area contributed by atoms with Gasteiger partial charge < -0.3 is 0 Å². The summed E-state index contributed by atoms with van der Waals surface area (Å²) in [6.07, 6.45) is -4.69. The number of fused-ring (bicyclic) bond motifs is 1. The second-order valence-corrected chi connectivity index (χ2v) is 6.59. The van der Waals surface area contributed by atoms with Crippen molar-refractivity contribution in [1.82, 2.24) is 9.97 Å². The maximum absolute atomic E-state index is 13.1. The topological polar surface area (TPSA) is 69.9 Å². The van der Waals surface area contributed by atoms with Gasteiger partial charge in [0.2, 0.25) is 11.7 Å². The molecule has 0 saturated heterocycles. The van der Waals surface area contributed by atoms with Crippen LogP contribution in [0.3, 0.4) is 0 Å². The summed E-state index contributed by atoms with van der Waals surface area (Å²) < 4.78 is 39.3. The summed E-state index contributed by atoms with van der Waals surface area (Å²) in [7, 11) is 0. The molecular formula is C19H13F3N4OS. The van der Waals surface area contributed by atoms with E-state index in [0.29, 0.717) is 11.1 Å². The fourth-order valence-corrected chi connectivity index (χ4v) is 3.39. The summed E-state index contributed by atoms with van der Waals surface area (Å²) in [6.45, 7) is -0.165. The number of nitriles is 1. The van der Waals surface area contributed by atoms with Gasteiger partial charge in [-0.15, -0.1) is 0 Å². The Hall–Kier alpha value is -3.12. The Morgan fingerprint density at radius 2 is 1.75 bits per heavy atom. The van der Waals surface area contributed by atoms with Crippen LogP contribution in [0, 0.1) is 11.3 Å². The minimum absolute atomic E-state index is 0.0660. The van der Waals surface area contributed by atoms with Crippen LogP contribution < -0.4 is 4.90 Å². The Labute approximate surface area is 162 Å². The van der Waals surface area contributed by atoms with Crippen LogP contribution in [-0.2, 0) is 11.0 Å². The number of para-hydroxylation sites is 2. The van der Waals surface area contributed by atoms with E-state index < -0.39 is 17.9 Å². The molecule has 142 valence electrons. The molecule has 0 aliphatic carbocycles. The van der Waals surface area contributed by atoms with Crippen LogP contribution in [0.15, 0.2) is 59.6 Å². The van der Waals surface area contributed by atoms with E-state index in [1.807, 2.05) is 6.07 Å². The van der Waals surface area contributed by atoms with Crippen LogP contribution in [-0.4, -0.2) is 28.2 Å². The maximum Gasteiger partial charge on any atom is 0.451 e. The molecule has 9 heteroatoms. The molecule has 0 unspecified atom stereocenters. The third kappa shape index (κ3) is 4.40. The monoisotopic (exact) mass is 402 g/mol. The van der Waals surface area contributed by atoms with Crippen LogP contribution in [0.25, 0.3) is 10.9 Å². The average molecular weight is 402 g/mol. The molecule has 0 aliphatic heterocycles. The molecule has 0 N–H and O–H groups in total. The van der Waals surface area contributed by atoms with Crippen molar-refractivity contribution in [2.45, 2.75) is 11.2 Å². The Balaban J connectivity index is 1.88. The van der Waals surface area contributed by atoms with Gasteiger partial charge in [-0.2, -0.15) is 18.4 Å². The number of aromatic nitrogens is 2. The SMILES string of the molecule is N#CCN(C(=O)CSc1nc(C(F)(F)F)nc2ccccc12)c1ccccc1. The molecule has 0 fully saturated rings. The molecular weight excluding hydrogens is 389 g/mol. The van der Waals surface area contributed by atoms with Crippen molar-refractivity contribution in [3.63, 3.8) is 0 Å². The number of amides is 1. The number of hydrogen-bond acceptors (Lipinski definition) is 5. The molecule has 3 aromatic rings. The summed E-state index contributed by atoms with van der Waals surface area (Å²) in [6, 6.07) is 16.8. The highest BCUT2D eigenvalue weighted by molar-refractivity contribution is 8.00. The van der Waals surface area contributed by atoms with E-state index in [1.54, 1.807) is 48.5 Å². The van der Waals surface area contributed by atoms with Crippen LogP contribution in [0.5, 0.6) is 0 Å². The number of carbonyl (C=O) groups is 1. The van der Waals surface area contributed by atoms with E-state index in [2.05, 4.69) is 9.97 Å². The van der Waals surface area contributed by atoms with E-state index >= 15 is 0 Å². The number of alkyl halides is 3. The third-order valence-corrected chi connectivity index (χ3v) is 4.73. The summed E-state index contributed by atoms with van der Waals surface area (Å²) >= 11 is 0.885. The van der Waals surface area contributed by atoms with Crippen LogP contribution in [0.2, 0.25) is 0 Å². The van der Waals surface area contributed by atoms with E-state index in [-0.39, 0.29) is 22.8 Å². The second-order valence-electron chi connectivity index (χ2n) is 5.63. The second kappa shape index (κ2) is 8.27. The molecule has 3 rings (SSSR count). The van der Waals surface area contributed by atoms with Crippen LogP contribution >= 0.6 is 11.8 Å². The van der Waals surface area contributed by atoms with Crippen molar-refractivity contribution in [1.29, 1.82) is 5.26 Å². The first-order valence-corrected chi connectivity index (χ1v) is 9.08. The molecule has 1 heterocycles. The Morgan fingerprint density at radius 3 is 2.43 bits per heavy atom. The molecule has 5 nitrogen and oxygen atoms in total. The lowest BCUT2D eigenvalue weighted by Crippen LogP contribution is -2.32. The number of thioether (sulfide) groups is 1. The van der Waals surface area contributed by atoms with E-state index in [4.69, 9.17) is 5.26 Å². The summed E-state index contributed by atoms with van der Waals surface area (Å²) in [5, 5.41) is 9.50. The highest BCUT2D eigenvalue weighted by Gasteiger charge is 2.35. The average Bonchev–Trinajstić information content (AvgIpc) is 2.69. The number of rotatable bonds is 5. The van der Waals surface area contributed by atoms with Gasteiger partial charge >= 0.3 is 6.18 Å². The minimum atomic E-state index is -4.69. The maximum atomic E-state index is 13.1. The van der Waals surface area contributed by atoms with Gasteiger partial charge in [0.15, 0.2) is 0 Å². The van der Waals surface area contributed by atoms with Crippen LogP contribution in [0.4, 0.5) is 18.9 Å². The standard InChI is InChI=1S/C19H13F3N4OS/c20-19(21,22)18-24-15-9-5-4-8-14(15)17(25-18)28-12-16(27)26(11-10-23)13-6-2-1-3-7-13/h1-9H,11-12H2. The minimum Gasteiger partial charge on any atom is -0.298 e. The number of hydrogen-bond donors (Lipinski definition) is 0. The van der Waals surface area contributed by atoms with Gasteiger partial charge in [-0.25, -0.2) is 9.97 Å². The van der Waals surface area contributed by atoms with Gasteiger partial charge in [-0.1, -0.05) is 48.2 Å². The molecule has 0 atom stereocenters. The Morgan fingerprint density at radius 1 is 1.07 bits per heavy atom. The lowest BCUT2D eigenvalue weighted by atomic mass is 10.2. The fraction of sp³-hybridized carbons (Fsp3) is 0.158. The van der Waals surface area contributed by atoms with Crippen molar-refractivity contribution >= 4 is 34.3 Å². The van der Waals surface area contributed by atoms with Gasteiger partial charge in [0, 0.05) is 11.1 Å². The molecule has 0 radical (unpaired) electrons. The summed E-state index contributed by atoms with van der Waals surface area (Å²) in [5.41, 5.74) is 0.690. The van der Waals surface area contributed by atoms with E-state index in [1.165, 1.54) is 11.0 Å². The van der Waals surface area contributed by atoms with Gasteiger partial charge in [0.25, 0.3) is 0 Å². The van der Waals surface area contributed by atoms with Crippen molar-refractivity contribution in [2.75, 3.05) is 17.2 Å². The van der Waals surface area contributed by atoms with Gasteiger partial charge in [0.1, 0.15) is 11.6 Å². The Bertz CT molecular complexity index is 1030. The number of nitrogens with zero attached hydrogens (tertiary/aromatic N) is 4. The first kappa shape index (κ1) is 19.6. The lowest BCUT2D eigenvalue weighted by molar-refractivity contribution is -0.145. The van der Waals surface area contributed by atoms with E-state index in [0.717, 1.165) is 11.8 Å². The smallest absolute Gasteiger partial charge is 0.298 e. The molecule has 0 bridgehead atoms. The zero-order chi connectivity index (χ0) is 20.1. The fourth-order valence-electron chi connectivity index (χ4n) is 2.49. The number of anilines is 1. The normalized spacial score (nSPS) is 11.2. The lowest BCUT2D eigenvalue weighted by Gasteiger charge is -2.19. The zero-order valence-electron chi connectivity index (χ0n) is 14.3. The van der Waals surface area contributed by atoms with Gasteiger partial charge in [-0.05, 0) is 18.2 Å². The quantitative estimate of drug-likeness (QED) is 0.362. The number of carbonyl (C=O) groups excluding carboxylic acids is 1. The third-order valence-electron chi connectivity index (χ3n) is 3.75. The van der Waals surface area contributed by atoms with Crippen molar-refractivity contribution in [3.8, 4) is 6.07 Å². The number of benzene rings is 2. The van der Waals surface area contributed by atoms with Gasteiger partial charge in [-0.3, -0.25) is 9.69 Å². The first-order chi connectivity index (χ1) is 13.4. The van der Waals surface area contributed by atoms with Crippen LogP contribution in [0.1, 0.15) is 5.82 Å². The molecule has 28 heavy (non-hydrogen) atoms. The number of halogens is 3. The molecule has 0 aliphatic rings. The molecule has 0 saturated carbocycles. The molecule has 2 aromatic carbocycles. The summed E-state index contributed by atoms with van der Waals surface area (Å²) in [5.74, 6) is -1.83. The van der Waals surface area contributed by atoms with Crippen molar-refractivity contribution in [2.24, 2.45) is 0 Å².